The summed E-state index contributed by atoms with van der Waals surface area (Å²) in [6.07, 6.45) is 2.04. The third-order valence-corrected chi connectivity index (χ3v) is 6.09. The van der Waals surface area contributed by atoms with Crippen molar-refractivity contribution < 1.29 is 13.2 Å². The number of anilines is 2. The molecule has 0 aromatic heterocycles. The van der Waals surface area contributed by atoms with Crippen LogP contribution in [0.4, 0.5) is 16.2 Å². The quantitative estimate of drug-likeness (QED) is 0.831. The molecule has 1 fully saturated rings. The SMILES string of the molecule is Cc1cc(C)c(NS(=O)(=O)c2ccc(NC(=O)N3CCCC3)cc2)c(C)c1. The first kappa shape index (κ1) is 19.2. The third kappa shape index (κ3) is 4.42. The molecule has 1 aliphatic rings. The van der Waals surface area contributed by atoms with Crippen LogP contribution in [0.3, 0.4) is 0 Å². The molecule has 1 heterocycles. The van der Waals surface area contributed by atoms with Crippen molar-refractivity contribution in [2.45, 2.75) is 38.5 Å². The van der Waals surface area contributed by atoms with E-state index in [0.717, 1.165) is 42.6 Å². The number of benzene rings is 2. The minimum atomic E-state index is -3.71. The summed E-state index contributed by atoms with van der Waals surface area (Å²) < 4.78 is 28.1. The predicted molar refractivity (Wildman–Crippen MR) is 108 cm³/mol. The summed E-state index contributed by atoms with van der Waals surface area (Å²) in [5.41, 5.74) is 4.03. The van der Waals surface area contributed by atoms with Gasteiger partial charge in [-0.3, -0.25) is 4.72 Å². The molecule has 0 atom stereocenters. The Morgan fingerprint density at radius 3 is 2.07 bits per heavy atom. The number of aryl methyl sites for hydroxylation is 3. The van der Waals surface area contributed by atoms with Gasteiger partial charge in [0.15, 0.2) is 0 Å². The van der Waals surface area contributed by atoms with Crippen LogP contribution >= 0.6 is 0 Å². The number of nitrogens with zero attached hydrogens (tertiary/aromatic N) is 1. The molecule has 144 valence electrons. The van der Waals surface area contributed by atoms with E-state index in [4.69, 9.17) is 0 Å². The lowest BCUT2D eigenvalue weighted by Crippen LogP contribution is -2.32. The molecule has 2 aromatic rings. The van der Waals surface area contributed by atoms with E-state index in [1.165, 1.54) is 12.1 Å². The zero-order chi connectivity index (χ0) is 19.6. The van der Waals surface area contributed by atoms with E-state index in [-0.39, 0.29) is 10.9 Å². The Hall–Kier alpha value is -2.54. The number of sulfonamides is 1. The molecule has 0 saturated carbocycles. The lowest BCUT2D eigenvalue weighted by atomic mass is 10.1. The fourth-order valence-corrected chi connectivity index (χ4v) is 4.58. The topological polar surface area (TPSA) is 78.5 Å². The number of hydrogen-bond acceptors (Lipinski definition) is 3. The Balaban J connectivity index is 1.74. The lowest BCUT2D eigenvalue weighted by molar-refractivity contribution is 0.222. The average Bonchev–Trinajstić information content (AvgIpc) is 3.13. The molecule has 1 aliphatic heterocycles. The largest absolute Gasteiger partial charge is 0.325 e. The van der Waals surface area contributed by atoms with Gasteiger partial charge in [0.05, 0.1) is 10.6 Å². The van der Waals surface area contributed by atoms with Crippen LogP contribution < -0.4 is 10.0 Å². The highest BCUT2D eigenvalue weighted by Gasteiger charge is 2.19. The molecule has 0 spiro atoms. The first-order valence-corrected chi connectivity index (χ1v) is 10.5. The molecule has 0 bridgehead atoms. The highest BCUT2D eigenvalue weighted by molar-refractivity contribution is 7.92. The number of carbonyl (C=O) groups excluding carboxylic acids is 1. The predicted octanol–water partition coefficient (Wildman–Crippen LogP) is 4.04. The number of likely N-dealkylation sites (tertiary alicyclic amines) is 1. The third-order valence-electron chi connectivity index (χ3n) is 4.72. The van der Waals surface area contributed by atoms with Crippen molar-refractivity contribution >= 4 is 27.4 Å². The maximum atomic E-state index is 12.7. The molecule has 0 unspecified atom stereocenters. The summed E-state index contributed by atoms with van der Waals surface area (Å²) in [4.78, 5) is 14.0. The minimum Gasteiger partial charge on any atom is -0.325 e. The van der Waals surface area contributed by atoms with E-state index >= 15 is 0 Å². The maximum Gasteiger partial charge on any atom is 0.321 e. The second kappa shape index (κ2) is 7.60. The molecule has 1 saturated heterocycles. The van der Waals surface area contributed by atoms with Crippen LogP contribution in [-0.2, 0) is 10.0 Å². The van der Waals surface area contributed by atoms with Crippen molar-refractivity contribution in [3.8, 4) is 0 Å². The van der Waals surface area contributed by atoms with Crippen molar-refractivity contribution in [3.05, 3.63) is 53.1 Å². The molecule has 27 heavy (non-hydrogen) atoms. The number of hydrogen-bond donors (Lipinski definition) is 2. The van der Waals surface area contributed by atoms with Gasteiger partial charge in [0.2, 0.25) is 0 Å². The van der Waals surface area contributed by atoms with Gasteiger partial charge in [-0.25, -0.2) is 13.2 Å². The standard InChI is InChI=1S/C20H25N3O3S/c1-14-12-15(2)19(16(3)13-14)22-27(25,26)18-8-6-17(7-9-18)21-20(24)23-10-4-5-11-23/h6-9,12-13,22H,4-5,10-11H2,1-3H3,(H,21,24). The highest BCUT2D eigenvalue weighted by atomic mass is 32.2. The molecule has 6 nitrogen and oxygen atoms in total. The lowest BCUT2D eigenvalue weighted by Gasteiger charge is -2.17. The Labute approximate surface area is 160 Å². The summed E-state index contributed by atoms with van der Waals surface area (Å²) in [7, 11) is -3.71. The smallest absolute Gasteiger partial charge is 0.321 e. The van der Waals surface area contributed by atoms with E-state index in [1.54, 1.807) is 17.0 Å². The summed E-state index contributed by atoms with van der Waals surface area (Å²) in [6, 6.07) is 9.96. The zero-order valence-corrected chi connectivity index (χ0v) is 16.7. The van der Waals surface area contributed by atoms with Crippen LogP contribution in [0.5, 0.6) is 0 Å². The second-order valence-corrected chi connectivity index (χ2v) is 8.71. The van der Waals surface area contributed by atoms with Crippen molar-refractivity contribution in [2.24, 2.45) is 0 Å². The molecule has 2 aromatic carbocycles. The highest BCUT2D eigenvalue weighted by Crippen LogP contribution is 2.25. The fraction of sp³-hybridized carbons (Fsp3) is 0.350. The van der Waals surface area contributed by atoms with Crippen LogP contribution in [0.25, 0.3) is 0 Å². The Morgan fingerprint density at radius 1 is 0.963 bits per heavy atom. The molecule has 2 N–H and O–H groups in total. The van der Waals surface area contributed by atoms with Crippen LogP contribution in [0, 0.1) is 20.8 Å². The van der Waals surface area contributed by atoms with E-state index < -0.39 is 10.0 Å². The van der Waals surface area contributed by atoms with E-state index in [2.05, 4.69) is 10.0 Å². The number of urea groups is 1. The molecule has 3 rings (SSSR count). The fourth-order valence-electron chi connectivity index (χ4n) is 3.37. The Kier molecular flexibility index (Phi) is 5.41. The normalized spacial score (nSPS) is 14.3. The van der Waals surface area contributed by atoms with Gasteiger partial charge in [-0.15, -0.1) is 0 Å². The Bertz CT molecular complexity index is 924. The summed E-state index contributed by atoms with van der Waals surface area (Å²) in [6.45, 7) is 7.27. The van der Waals surface area contributed by atoms with Crippen LogP contribution in [0.15, 0.2) is 41.3 Å². The monoisotopic (exact) mass is 387 g/mol. The van der Waals surface area contributed by atoms with E-state index in [0.29, 0.717) is 11.4 Å². The van der Waals surface area contributed by atoms with Gasteiger partial charge in [0.25, 0.3) is 10.0 Å². The number of amides is 2. The van der Waals surface area contributed by atoms with Crippen molar-refractivity contribution in [1.29, 1.82) is 0 Å². The van der Waals surface area contributed by atoms with Crippen LogP contribution in [0.2, 0.25) is 0 Å². The molecule has 7 heteroatoms. The number of nitrogens with one attached hydrogen (secondary N) is 2. The van der Waals surface area contributed by atoms with Gasteiger partial charge in [-0.1, -0.05) is 17.7 Å². The maximum absolute atomic E-state index is 12.7. The number of carbonyl (C=O) groups is 1. The molecule has 0 radical (unpaired) electrons. The Morgan fingerprint density at radius 2 is 1.52 bits per heavy atom. The van der Waals surface area contributed by atoms with Crippen molar-refractivity contribution in [1.82, 2.24) is 4.90 Å². The van der Waals surface area contributed by atoms with Gasteiger partial charge in [0.1, 0.15) is 0 Å². The van der Waals surface area contributed by atoms with Crippen LogP contribution in [-0.4, -0.2) is 32.4 Å². The summed E-state index contributed by atoms with van der Waals surface area (Å²) in [5, 5.41) is 2.81. The first-order valence-electron chi connectivity index (χ1n) is 9.03. The van der Waals surface area contributed by atoms with E-state index in [1.807, 2.05) is 32.9 Å². The van der Waals surface area contributed by atoms with Gasteiger partial charge < -0.3 is 10.2 Å². The molecular weight excluding hydrogens is 362 g/mol. The molecule has 2 amide bonds. The van der Waals surface area contributed by atoms with Gasteiger partial charge in [-0.05, 0) is 69.0 Å². The average molecular weight is 388 g/mol. The molecular formula is C20H25N3O3S. The van der Waals surface area contributed by atoms with E-state index in [9.17, 15) is 13.2 Å². The zero-order valence-electron chi connectivity index (χ0n) is 15.9. The summed E-state index contributed by atoms with van der Waals surface area (Å²) >= 11 is 0. The first-order chi connectivity index (χ1) is 12.8. The molecule has 0 aliphatic carbocycles. The number of rotatable bonds is 4. The van der Waals surface area contributed by atoms with Gasteiger partial charge >= 0.3 is 6.03 Å². The van der Waals surface area contributed by atoms with Gasteiger partial charge in [-0.2, -0.15) is 0 Å². The minimum absolute atomic E-state index is 0.146. The van der Waals surface area contributed by atoms with Gasteiger partial charge in [0, 0.05) is 18.8 Å². The van der Waals surface area contributed by atoms with Crippen molar-refractivity contribution in [2.75, 3.05) is 23.1 Å². The summed E-state index contributed by atoms with van der Waals surface area (Å²) in [5.74, 6) is 0. The van der Waals surface area contributed by atoms with Crippen LogP contribution in [0.1, 0.15) is 29.5 Å². The van der Waals surface area contributed by atoms with Crippen molar-refractivity contribution in [3.63, 3.8) is 0 Å². The second-order valence-electron chi connectivity index (χ2n) is 7.03.